The van der Waals surface area contributed by atoms with Crippen molar-refractivity contribution in [2.45, 2.75) is 31.3 Å². The molecule has 6 heteroatoms. The Morgan fingerprint density at radius 3 is 2.59 bits per heavy atom. The first kappa shape index (κ1) is 22.2. The highest BCUT2D eigenvalue weighted by Crippen LogP contribution is 2.52. The van der Waals surface area contributed by atoms with Crippen molar-refractivity contribution in [2.24, 2.45) is 17.8 Å². The molecule has 0 aromatic heterocycles. The van der Waals surface area contributed by atoms with Gasteiger partial charge in [0.25, 0.3) is 0 Å². The minimum absolute atomic E-state index is 0.0591. The van der Waals surface area contributed by atoms with Crippen LogP contribution in [0, 0.1) is 29.1 Å². The number of aliphatic hydroxyl groups is 1. The minimum Gasteiger partial charge on any atom is -0.497 e. The van der Waals surface area contributed by atoms with Crippen molar-refractivity contribution in [2.75, 3.05) is 27.3 Å². The van der Waals surface area contributed by atoms with Crippen molar-refractivity contribution >= 4 is 5.91 Å². The van der Waals surface area contributed by atoms with Crippen molar-refractivity contribution in [3.8, 4) is 17.6 Å². The zero-order valence-electron chi connectivity index (χ0n) is 18.7. The van der Waals surface area contributed by atoms with Gasteiger partial charge in [0, 0.05) is 31.0 Å². The number of hydrogen-bond acceptors (Lipinski definition) is 5. The van der Waals surface area contributed by atoms with E-state index < -0.39 is 5.60 Å². The molecule has 0 spiro atoms. The van der Waals surface area contributed by atoms with Crippen LogP contribution in [0.25, 0.3) is 0 Å². The van der Waals surface area contributed by atoms with Crippen LogP contribution in [0.15, 0.2) is 48.5 Å². The summed E-state index contributed by atoms with van der Waals surface area (Å²) in [6, 6.07) is 17.4. The Labute approximate surface area is 189 Å². The molecule has 6 nitrogen and oxygen atoms in total. The minimum atomic E-state index is -1.13. The third kappa shape index (κ3) is 4.18. The van der Waals surface area contributed by atoms with Crippen LogP contribution in [0.1, 0.15) is 30.4 Å². The average molecular weight is 435 g/mol. The molecule has 1 aliphatic heterocycles. The van der Waals surface area contributed by atoms with Crippen LogP contribution in [-0.2, 0) is 16.8 Å². The fourth-order valence-electron chi connectivity index (χ4n) is 5.58. The molecule has 1 saturated carbocycles. The third-order valence-corrected chi connectivity index (χ3v) is 7.11. The topological polar surface area (TPSA) is 82.8 Å². The van der Waals surface area contributed by atoms with E-state index in [9.17, 15) is 15.2 Å². The molecule has 0 bridgehead atoms. The summed E-state index contributed by atoms with van der Waals surface area (Å²) in [5.74, 6) is 1.62. The molecule has 32 heavy (non-hydrogen) atoms. The number of nitrogens with zero attached hydrogens (tertiary/aromatic N) is 2. The zero-order chi connectivity index (χ0) is 22.7. The Balaban J connectivity index is 1.58. The van der Waals surface area contributed by atoms with Gasteiger partial charge in [0.15, 0.2) is 0 Å². The van der Waals surface area contributed by atoms with E-state index in [1.807, 2.05) is 53.4 Å². The molecule has 0 radical (unpaired) electrons. The van der Waals surface area contributed by atoms with Gasteiger partial charge in [-0.3, -0.25) is 4.79 Å². The molecule has 2 aromatic rings. The number of likely N-dealkylation sites (tertiary alicyclic amines) is 1. The van der Waals surface area contributed by atoms with E-state index in [1.165, 1.54) is 0 Å². The van der Waals surface area contributed by atoms with Crippen LogP contribution in [0.4, 0.5) is 0 Å². The number of hydrogen-bond donors (Lipinski definition) is 1. The highest BCUT2D eigenvalue weighted by atomic mass is 16.5. The lowest BCUT2D eigenvalue weighted by Gasteiger charge is -2.45. The van der Waals surface area contributed by atoms with Gasteiger partial charge in [0.2, 0.25) is 5.91 Å². The summed E-state index contributed by atoms with van der Waals surface area (Å²) in [4.78, 5) is 15.0. The van der Waals surface area contributed by atoms with Crippen molar-refractivity contribution in [1.29, 1.82) is 5.26 Å². The molecule has 168 valence electrons. The number of methoxy groups -OCH3 is 2. The number of ether oxygens (including phenoxy) is 2. The smallest absolute Gasteiger partial charge is 0.227 e. The fourth-order valence-corrected chi connectivity index (χ4v) is 5.58. The van der Waals surface area contributed by atoms with E-state index in [0.29, 0.717) is 38.1 Å². The van der Waals surface area contributed by atoms with E-state index >= 15 is 0 Å². The summed E-state index contributed by atoms with van der Waals surface area (Å²) in [6.45, 7) is 1.12. The number of carbonyl (C=O) groups is 1. The Morgan fingerprint density at radius 1 is 1.16 bits per heavy atom. The SMILES string of the molecule is COc1ccc(CC(=O)N2C[C@@H]3C[C@@H](CC#N)C[C@@](O)(c4ccccc4OC)[C@@H]3C2)cc1. The van der Waals surface area contributed by atoms with Gasteiger partial charge >= 0.3 is 0 Å². The number of benzene rings is 2. The van der Waals surface area contributed by atoms with Crippen molar-refractivity contribution in [1.82, 2.24) is 4.90 Å². The molecule has 1 N–H and O–H groups in total. The predicted molar refractivity (Wildman–Crippen MR) is 120 cm³/mol. The van der Waals surface area contributed by atoms with Crippen LogP contribution >= 0.6 is 0 Å². The van der Waals surface area contributed by atoms with Crippen molar-refractivity contribution in [3.63, 3.8) is 0 Å². The first-order valence-electron chi connectivity index (χ1n) is 11.1. The second-order valence-corrected chi connectivity index (χ2v) is 8.98. The van der Waals surface area contributed by atoms with E-state index in [4.69, 9.17) is 9.47 Å². The second kappa shape index (κ2) is 9.22. The van der Waals surface area contributed by atoms with Crippen LogP contribution in [0.5, 0.6) is 11.5 Å². The molecule has 1 heterocycles. The highest BCUT2D eigenvalue weighted by Gasteiger charge is 2.53. The molecule has 2 aliphatic rings. The molecule has 2 aromatic carbocycles. The summed E-state index contributed by atoms with van der Waals surface area (Å²) < 4.78 is 10.8. The molecule has 2 fully saturated rings. The summed E-state index contributed by atoms with van der Waals surface area (Å²) in [5, 5.41) is 21.3. The van der Waals surface area contributed by atoms with Gasteiger partial charge in [0.1, 0.15) is 11.5 Å². The van der Waals surface area contributed by atoms with E-state index in [-0.39, 0.29) is 23.7 Å². The van der Waals surface area contributed by atoms with Gasteiger partial charge in [-0.05, 0) is 48.4 Å². The number of nitriles is 1. The maximum atomic E-state index is 13.1. The maximum Gasteiger partial charge on any atom is 0.227 e. The lowest BCUT2D eigenvalue weighted by Crippen LogP contribution is -2.46. The van der Waals surface area contributed by atoms with E-state index in [0.717, 1.165) is 23.3 Å². The number of para-hydroxylation sites is 1. The van der Waals surface area contributed by atoms with Crippen LogP contribution in [0.2, 0.25) is 0 Å². The van der Waals surface area contributed by atoms with Crippen LogP contribution in [0.3, 0.4) is 0 Å². The Bertz CT molecular complexity index is 1000. The summed E-state index contributed by atoms with van der Waals surface area (Å²) >= 11 is 0. The zero-order valence-corrected chi connectivity index (χ0v) is 18.7. The lowest BCUT2D eigenvalue weighted by atomic mass is 9.63. The van der Waals surface area contributed by atoms with Crippen molar-refractivity contribution in [3.05, 3.63) is 59.7 Å². The molecular weight excluding hydrogens is 404 g/mol. The molecule has 1 saturated heterocycles. The highest BCUT2D eigenvalue weighted by molar-refractivity contribution is 5.79. The average Bonchev–Trinajstić information content (AvgIpc) is 3.25. The molecule has 1 amide bonds. The first-order valence-corrected chi connectivity index (χ1v) is 11.1. The van der Waals surface area contributed by atoms with E-state index in [2.05, 4.69) is 6.07 Å². The summed E-state index contributed by atoms with van der Waals surface area (Å²) in [6.07, 6.45) is 2.07. The molecular formula is C26H30N2O4. The van der Waals surface area contributed by atoms with Crippen LogP contribution < -0.4 is 9.47 Å². The molecule has 0 unspecified atom stereocenters. The van der Waals surface area contributed by atoms with Gasteiger partial charge in [-0.2, -0.15) is 5.26 Å². The largest absolute Gasteiger partial charge is 0.497 e. The summed E-state index contributed by atoms with van der Waals surface area (Å²) in [5.41, 5.74) is 0.559. The number of carbonyl (C=O) groups excluding carboxylic acids is 1. The van der Waals surface area contributed by atoms with Crippen LogP contribution in [-0.4, -0.2) is 43.2 Å². The monoisotopic (exact) mass is 434 g/mol. The second-order valence-electron chi connectivity index (χ2n) is 8.98. The maximum absolute atomic E-state index is 13.1. The normalized spacial score (nSPS) is 26.8. The first-order chi connectivity index (χ1) is 15.5. The van der Waals surface area contributed by atoms with Crippen molar-refractivity contribution < 1.29 is 19.4 Å². The third-order valence-electron chi connectivity index (χ3n) is 7.11. The van der Waals surface area contributed by atoms with Gasteiger partial charge < -0.3 is 19.5 Å². The lowest BCUT2D eigenvalue weighted by molar-refractivity contribution is -0.130. The molecule has 1 aliphatic carbocycles. The van der Waals surface area contributed by atoms with Gasteiger partial charge in [-0.25, -0.2) is 0 Å². The molecule has 4 rings (SSSR count). The standard InChI is InChI=1S/C26H30N2O4/c1-31-21-9-7-18(8-10-21)14-25(29)28-16-20-13-19(11-12-27)15-26(30,23(20)17-28)22-5-3-4-6-24(22)32-2/h3-10,19-20,23,30H,11,13-17H2,1-2H3/t19-,20+,23-,26-/m1/s1. The van der Waals surface area contributed by atoms with Gasteiger partial charge in [0.05, 0.1) is 32.3 Å². The number of amides is 1. The Kier molecular flexibility index (Phi) is 6.38. The number of fused-ring (bicyclic) bond motifs is 1. The van der Waals surface area contributed by atoms with Gasteiger partial charge in [-0.1, -0.05) is 30.3 Å². The van der Waals surface area contributed by atoms with E-state index in [1.54, 1.807) is 14.2 Å². The Hall–Kier alpha value is -3.04. The van der Waals surface area contributed by atoms with Gasteiger partial charge in [-0.15, -0.1) is 0 Å². The quantitative estimate of drug-likeness (QED) is 0.752. The molecule has 4 atom stereocenters. The summed E-state index contributed by atoms with van der Waals surface area (Å²) in [7, 11) is 3.23. The predicted octanol–water partition coefficient (Wildman–Crippen LogP) is 3.53. The Morgan fingerprint density at radius 2 is 1.91 bits per heavy atom. The fraction of sp³-hybridized carbons (Fsp3) is 0.462. The number of rotatable bonds is 6.